The molecule has 0 spiro atoms. The molecule has 0 aliphatic heterocycles. The van der Waals surface area contributed by atoms with E-state index < -0.39 is 5.91 Å². The maximum absolute atomic E-state index is 13.4. The molecule has 6 heteroatoms. The van der Waals surface area contributed by atoms with Gasteiger partial charge in [0.25, 0.3) is 11.5 Å². The topological polar surface area (TPSA) is 74.9 Å². The van der Waals surface area contributed by atoms with Crippen LogP contribution in [0.25, 0.3) is 23.4 Å². The van der Waals surface area contributed by atoms with Gasteiger partial charge in [0.05, 0.1) is 10.2 Å². The summed E-state index contributed by atoms with van der Waals surface area (Å²) in [5.74, 6) is -0.562. The van der Waals surface area contributed by atoms with Crippen LogP contribution >= 0.6 is 11.3 Å². The number of rotatable bonds is 5. The first-order valence-corrected chi connectivity index (χ1v) is 11.8. The number of thiazole rings is 1. The third-order valence-corrected chi connectivity index (χ3v) is 6.60. The average Bonchev–Trinajstić information content (AvgIpc) is 3.18. The summed E-state index contributed by atoms with van der Waals surface area (Å²) >= 11 is 1.12. The number of amides is 1. The predicted octanol–water partition coefficient (Wildman–Crippen LogP) is 4.32. The number of carbonyl (C=O) groups is 1. The molecule has 4 rings (SSSR count). The highest BCUT2D eigenvalue weighted by molar-refractivity contribution is 7.07. The Balaban J connectivity index is 1.86. The fourth-order valence-corrected chi connectivity index (χ4v) is 4.55. The van der Waals surface area contributed by atoms with Crippen molar-refractivity contribution in [2.45, 2.75) is 13.8 Å². The van der Waals surface area contributed by atoms with Gasteiger partial charge in [-0.1, -0.05) is 66.7 Å². The molecule has 1 N–H and O–H groups in total. The molecule has 0 aliphatic rings. The number of hydrogen-bond acceptors (Lipinski definition) is 4. The molecule has 1 heterocycles. The van der Waals surface area contributed by atoms with Crippen LogP contribution in [0.15, 0.2) is 89.7 Å². The zero-order chi connectivity index (χ0) is 24.8. The first kappa shape index (κ1) is 23.7. The average molecular weight is 478 g/mol. The molecule has 0 bridgehead atoms. The fourth-order valence-electron chi connectivity index (χ4n) is 3.49. The van der Waals surface area contributed by atoms with Gasteiger partial charge in [-0.3, -0.25) is 14.2 Å². The fraction of sp³-hybridized carbons (Fsp3) is 0.0690. The minimum atomic E-state index is -0.562. The van der Waals surface area contributed by atoms with E-state index in [2.05, 4.69) is 5.32 Å². The maximum Gasteiger partial charge on any atom is 0.273 e. The summed E-state index contributed by atoms with van der Waals surface area (Å²) in [7, 11) is 0. The van der Waals surface area contributed by atoms with Crippen LogP contribution in [-0.2, 0) is 4.79 Å². The minimum absolute atomic E-state index is 0.124. The molecule has 0 unspecified atom stereocenters. The summed E-state index contributed by atoms with van der Waals surface area (Å²) in [5.41, 5.74) is 3.89. The van der Waals surface area contributed by atoms with Crippen LogP contribution in [-0.4, -0.2) is 10.5 Å². The Hall–Kier alpha value is -4.47. The van der Waals surface area contributed by atoms with Gasteiger partial charge in [-0.25, -0.2) is 0 Å². The van der Waals surface area contributed by atoms with Crippen molar-refractivity contribution >= 4 is 40.7 Å². The van der Waals surface area contributed by atoms with Gasteiger partial charge in [-0.2, -0.15) is 5.26 Å². The number of carbonyl (C=O) groups excluding carboxylic acids is 1. The van der Waals surface area contributed by atoms with E-state index in [9.17, 15) is 14.9 Å². The van der Waals surface area contributed by atoms with Crippen LogP contribution in [0.1, 0.15) is 16.7 Å². The molecule has 1 aromatic heterocycles. The van der Waals surface area contributed by atoms with Gasteiger partial charge in [0.2, 0.25) is 0 Å². The van der Waals surface area contributed by atoms with Gasteiger partial charge in [0.1, 0.15) is 10.7 Å². The molecule has 0 radical (unpaired) electrons. The molecular weight excluding hydrogens is 454 g/mol. The van der Waals surface area contributed by atoms with Crippen molar-refractivity contribution in [1.82, 2.24) is 4.57 Å². The summed E-state index contributed by atoms with van der Waals surface area (Å²) in [6.45, 7) is 3.94. The van der Waals surface area contributed by atoms with Crippen LogP contribution < -0.4 is 20.1 Å². The molecular formula is C29H23N3O2S. The van der Waals surface area contributed by atoms with E-state index in [1.54, 1.807) is 30.4 Å². The largest absolute Gasteiger partial charge is 0.321 e. The smallest absolute Gasteiger partial charge is 0.273 e. The Morgan fingerprint density at radius 1 is 0.971 bits per heavy atom. The number of allylic oxidation sites excluding steroid dienone is 1. The van der Waals surface area contributed by atoms with E-state index in [4.69, 9.17) is 0 Å². The predicted molar refractivity (Wildman–Crippen MR) is 143 cm³/mol. The second-order valence-electron chi connectivity index (χ2n) is 7.92. The van der Waals surface area contributed by atoms with Gasteiger partial charge in [-0.05, 0) is 60.9 Å². The molecule has 0 saturated heterocycles. The summed E-state index contributed by atoms with van der Waals surface area (Å²) in [6, 6.07) is 26.3. The second kappa shape index (κ2) is 10.6. The molecule has 1 amide bonds. The van der Waals surface area contributed by atoms with Gasteiger partial charge in [0.15, 0.2) is 5.57 Å². The lowest BCUT2D eigenvalue weighted by Gasteiger charge is -2.07. The van der Waals surface area contributed by atoms with E-state index in [1.165, 1.54) is 4.57 Å². The summed E-state index contributed by atoms with van der Waals surface area (Å²) in [4.78, 5) is 26.5. The molecule has 0 saturated carbocycles. The highest BCUT2D eigenvalue weighted by atomic mass is 32.1. The van der Waals surface area contributed by atoms with Crippen LogP contribution in [0.2, 0.25) is 0 Å². The molecule has 0 fully saturated rings. The minimum Gasteiger partial charge on any atom is -0.321 e. The van der Waals surface area contributed by atoms with E-state index in [1.807, 2.05) is 86.7 Å². The van der Waals surface area contributed by atoms with Crippen LogP contribution in [0.5, 0.6) is 0 Å². The summed E-state index contributed by atoms with van der Waals surface area (Å²) in [5, 5.41) is 12.7. The molecule has 0 atom stereocenters. The monoisotopic (exact) mass is 477 g/mol. The van der Waals surface area contributed by atoms with E-state index in [0.29, 0.717) is 15.9 Å². The number of para-hydroxylation sites is 1. The standard InChI is InChI=1S/C29H23N3O2S/c1-20-16-17-23(18-21(20)2)31-27(33)25(19-30)29-32(24-13-7-4-8-14-24)28(34)26(35-29)15-9-12-22-10-5-3-6-11-22/h3-18H,1-2H3,(H,31,33)/b12-9+,26-15-,29-25-. The number of aryl methyl sites for hydroxylation is 2. The second-order valence-corrected chi connectivity index (χ2v) is 8.95. The Morgan fingerprint density at radius 3 is 2.31 bits per heavy atom. The zero-order valence-electron chi connectivity index (χ0n) is 19.4. The molecule has 4 aromatic rings. The van der Waals surface area contributed by atoms with Gasteiger partial charge >= 0.3 is 0 Å². The van der Waals surface area contributed by atoms with Crippen molar-refractivity contribution < 1.29 is 4.79 Å². The lowest BCUT2D eigenvalue weighted by Crippen LogP contribution is -2.32. The number of hydrogen-bond donors (Lipinski definition) is 1. The molecule has 0 aliphatic carbocycles. The van der Waals surface area contributed by atoms with Crippen molar-refractivity contribution in [3.8, 4) is 11.8 Å². The Labute approximate surface area is 207 Å². The SMILES string of the molecule is Cc1ccc(NC(=O)/C(C#N)=c2\s/c(=C\C=C\c3ccccc3)c(=O)n2-c2ccccc2)cc1C. The first-order valence-electron chi connectivity index (χ1n) is 11.0. The third kappa shape index (κ3) is 5.37. The first-order chi connectivity index (χ1) is 17.0. The van der Waals surface area contributed by atoms with Gasteiger partial charge in [0, 0.05) is 5.69 Å². The number of nitrogens with zero attached hydrogens (tertiary/aromatic N) is 2. The van der Waals surface area contributed by atoms with Crippen molar-refractivity contribution in [2.24, 2.45) is 0 Å². The number of anilines is 1. The lowest BCUT2D eigenvalue weighted by atomic mass is 10.1. The number of benzene rings is 3. The highest BCUT2D eigenvalue weighted by Crippen LogP contribution is 2.15. The van der Waals surface area contributed by atoms with Gasteiger partial charge < -0.3 is 5.32 Å². The number of nitriles is 1. The Morgan fingerprint density at radius 2 is 1.66 bits per heavy atom. The van der Waals surface area contributed by atoms with E-state index >= 15 is 0 Å². The summed E-state index contributed by atoms with van der Waals surface area (Å²) < 4.78 is 2.12. The maximum atomic E-state index is 13.4. The zero-order valence-corrected chi connectivity index (χ0v) is 20.2. The van der Waals surface area contributed by atoms with Crippen molar-refractivity contribution in [1.29, 1.82) is 5.26 Å². The number of nitrogens with one attached hydrogen (secondary N) is 1. The van der Waals surface area contributed by atoms with Gasteiger partial charge in [-0.15, -0.1) is 11.3 Å². The van der Waals surface area contributed by atoms with Crippen molar-refractivity contribution in [3.63, 3.8) is 0 Å². The Bertz CT molecular complexity index is 1620. The van der Waals surface area contributed by atoms with Crippen LogP contribution in [0.4, 0.5) is 5.69 Å². The molecule has 3 aromatic carbocycles. The Kier molecular flexibility index (Phi) is 7.20. The number of aromatic nitrogens is 1. The van der Waals surface area contributed by atoms with E-state index in [-0.39, 0.29) is 15.8 Å². The summed E-state index contributed by atoms with van der Waals surface area (Å²) in [6.07, 6.45) is 5.40. The van der Waals surface area contributed by atoms with E-state index in [0.717, 1.165) is 28.0 Å². The molecule has 35 heavy (non-hydrogen) atoms. The quantitative estimate of drug-likeness (QED) is 0.465. The lowest BCUT2D eigenvalue weighted by molar-refractivity contribution is -0.111. The molecule has 5 nitrogen and oxygen atoms in total. The van der Waals surface area contributed by atoms with Crippen LogP contribution in [0.3, 0.4) is 0 Å². The molecule has 172 valence electrons. The third-order valence-electron chi connectivity index (χ3n) is 5.49. The normalized spacial score (nSPS) is 12.4. The van der Waals surface area contributed by atoms with Crippen molar-refractivity contribution in [2.75, 3.05) is 5.32 Å². The highest BCUT2D eigenvalue weighted by Gasteiger charge is 2.17. The van der Waals surface area contributed by atoms with Crippen molar-refractivity contribution in [3.05, 3.63) is 121 Å². The van der Waals surface area contributed by atoms with Crippen LogP contribution in [0, 0.1) is 25.2 Å².